The van der Waals surface area contributed by atoms with E-state index in [1.165, 1.54) is 17.7 Å². The quantitative estimate of drug-likeness (QED) is 0.892. The number of nitrogens with zero attached hydrogens (tertiary/aromatic N) is 2. The molecule has 3 rings (SSSR count). The molecule has 1 fully saturated rings. The van der Waals surface area contributed by atoms with E-state index < -0.39 is 0 Å². The van der Waals surface area contributed by atoms with Gasteiger partial charge in [0, 0.05) is 31.9 Å². The van der Waals surface area contributed by atoms with E-state index in [-0.39, 0.29) is 17.9 Å². The summed E-state index contributed by atoms with van der Waals surface area (Å²) in [6, 6.07) is 16.3. The molecule has 0 saturated carbocycles. The van der Waals surface area contributed by atoms with Gasteiger partial charge in [-0.05, 0) is 42.6 Å². The Hall–Kier alpha value is -2.40. The molecule has 5 heteroatoms. The molecule has 1 aliphatic rings. The Kier molecular flexibility index (Phi) is 5.89. The van der Waals surface area contributed by atoms with Gasteiger partial charge in [-0.1, -0.05) is 43.3 Å². The number of benzene rings is 2. The fourth-order valence-electron chi connectivity index (χ4n) is 3.53. The Morgan fingerprint density at radius 2 is 2.00 bits per heavy atom. The molecular weight excluding hydrogens is 329 g/mol. The van der Waals surface area contributed by atoms with E-state index in [0.717, 1.165) is 26.1 Å². The SMILES string of the molecule is C[C@@H]1CCN(Cc2ccccc2)C[C@@H]1N(C)C(=O)Nc1cccc(F)c1. The number of nitrogens with one attached hydrogen (secondary N) is 1. The molecule has 2 aromatic carbocycles. The van der Waals surface area contributed by atoms with Crippen molar-refractivity contribution in [3.8, 4) is 0 Å². The number of piperidine rings is 1. The van der Waals surface area contributed by atoms with Crippen LogP contribution in [0.15, 0.2) is 54.6 Å². The maximum atomic E-state index is 13.3. The van der Waals surface area contributed by atoms with Gasteiger partial charge in [0.05, 0.1) is 0 Å². The molecule has 0 spiro atoms. The maximum absolute atomic E-state index is 13.3. The fraction of sp³-hybridized carbons (Fsp3) is 0.381. The van der Waals surface area contributed by atoms with Crippen molar-refractivity contribution in [2.24, 2.45) is 5.92 Å². The summed E-state index contributed by atoms with van der Waals surface area (Å²) in [6.45, 7) is 4.95. The smallest absolute Gasteiger partial charge is 0.321 e. The number of carbonyl (C=O) groups excluding carboxylic acids is 1. The minimum Gasteiger partial charge on any atom is -0.323 e. The second-order valence-corrected chi connectivity index (χ2v) is 7.11. The average Bonchev–Trinajstić information content (AvgIpc) is 2.63. The third-order valence-electron chi connectivity index (χ3n) is 5.15. The van der Waals surface area contributed by atoms with Crippen LogP contribution in [-0.4, -0.2) is 42.0 Å². The number of amides is 2. The lowest BCUT2D eigenvalue weighted by atomic mass is 9.92. The molecule has 138 valence electrons. The molecule has 1 saturated heterocycles. The maximum Gasteiger partial charge on any atom is 0.321 e. The number of urea groups is 1. The number of rotatable bonds is 4. The Morgan fingerprint density at radius 1 is 1.23 bits per heavy atom. The normalized spacial score (nSPS) is 20.6. The van der Waals surface area contributed by atoms with Crippen molar-refractivity contribution in [1.29, 1.82) is 0 Å². The van der Waals surface area contributed by atoms with Gasteiger partial charge >= 0.3 is 6.03 Å². The Bertz CT molecular complexity index is 737. The summed E-state index contributed by atoms with van der Waals surface area (Å²) in [6.07, 6.45) is 1.05. The van der Waals surface area contributed by atoms with Crippen LogP contribution >= 0.6 is 0 Å². The molecule has 0 unspecified atom stereocenters. The zero-order valence-electron chi connectivity index (χ0n) is 15.4. The minimum atomic E-state index is -0.356. The summed E-state index contributed by atoms with van der Waals surface area (Å²) in [5.41, 5.74) is 1.76. The summed E-state index contributed by atoms with van der Waals surface area (Å²) < 4.78 is 13.3. The van der Waals surface area contributed by atoms with E-state index in [4.69, 9.17) is 0 Å². The number of hydrogen-bond acceptors (Lipinski definition) is 2. The van der Waals surface area contributed by atoms with E-state index in [2.05, 4.69) is 41.4 Å². The number of anilines is 1. The molecule has 0 radical (unpaired) electrons. The molecular formula is C21H26FN3O. The highest BCUT2D eigenvalue weighted by molar-refractivity contribution is 5.89. The highest BCUT2D eigenvalue weighted by atomic mass is 19.1. The Labute approximate surface area is 154 Å². The monoisotopic (exact) mass is 355 g/mol. The first-order valence-electron chi connectivity index (χ1n) is 9.08. The van der Waals surface area contributed by atoms with Crippen molar-refractivity contribution >= 4 is 11.7 Å². The van der Waals surface area contributed by atoms with Crippen LogP contribution in [0.25, 0.3) is 0 Å². The van der Waals surface area contributed by atoms with Crippen LogP contribution < -0.4 is 5.32 Å². The molecule has 1 heterocycles. The molecule has 2 aromatic rings. The van der Waals surface area contributed by atoms with Crippen LogP contribution in [-0.2, 0) is 6.54 Å². The van der Waals surface area contributed by atoms with Crippen molar-refractivity contribution < 1.29 is 9.18 Å². The number of halogens is 1. The van der Waals surface area contributed by atoms with Crippen molar-refractivity contribution in [2.75, 3.05) is 25.5 Å². The van der Waals surface area contributed by atoms with Gasteiger partial charge in [0.15, 0.2) is 0 Å². The molecule has 0 aliphatic carbocycles. The van der Waals surface area contributed by atoms with E-state index in [9.17, 15) is 9.18 Å². The number of likely N-dealkylation sites (tertiary alicyclic amines) is 1. The molecule has 0 bridgehead atoms. The lowest BCUT2D eigenvalue weighted by Crippen LogP contribution is -2.53. The second kappa shape index (κ2) is 8.32. The highest BCUT2D eigenvalue weighted by Gasteiger charge is 2.31. The van der Waals surface area contributed by atoms with Crippen molar-refractivity contribution in [3.05, 3.63) is 66.0 Å². The van der Waals surface area contributed by atoms with Crippen LogP contribution in [0.4, 0.5) is 14.9 Å². The number of carbonyl (C=O) groups is 1. The molecule has 1 aliphatic heterocycles. The predicted octanol–water partition coefficient (Wildman–Crippen LogP) is 4.20. The van der Waals surface area contributed by atoms with Gasteiger partial charge in [-0.3, -0.25) is 4.90 Å². The molecule has 26 heavy (non-hydrogen) atoms. The third-order valence-corrected chi connectivity index (χ3v) is 5.15. The highest BCUT2D eigenvalue weighted by Crippen LogP contribution is 2.23. The van der Waals surface area contributed by atoms with E-state index in [0.29, 0.717) is 11.6 Å². The zero-order valence-corrected chi connectivity index (χ0v) is 15.4. The van der Waals surface area contributed by atoms with Gasteiger partial charge in [0.1, 0.15) is 5.82 Å². The Morgan fingerprint density at radius 3 is 2.73 bits per heavy atom. The molecule has 2 amide bonds. The van der Waals surface area contributed by atoms with Gasteiger partial charge in [-0.2, -0.15) is 0 Å². The van der Waals surface area contributed by atoms with Crippen molar-refractivity contribution in [1.82, 2.24) is 9.80 Å². The first-order valence-corrected chi connectivity index (χ1v) is 9.08. The second-order valence-electron chi connectivity index (χ2n) is 7.11. The van der Waals surface area contributed by atoms with E-state index >= 15 is 0 Å². The summed E-state index contributed by atoms with van der Waals surface area (Å²) >= 11 is 0. The van der Waals surface area contributed by atoms with Crippen LogP contribution in [0.5, 0.6) is 0 Å². The van der Waals surface area contributed by atoms with Gasteiger partial charge in [-0.15, -0.1) is 0 Å². The van der Waals surface area contributed by atoms with Crippen molar-refractivity contribution in [2.45, 2.75) is 25.9 Å². The fourth-order valence-corrected chi connectivity index (χ4v) is 3.53. The van der Waals surface area contributed by atoms with Crippen LogP contribution in [0, 0.1) is 11.7 Å². The summed E-state index contributed by atoms with van der Waals surface area (Å²) in [4.78, 5) is 16.8. The lowest BCUT2D eigenvalue weighted by molar-refractivity contribution is 0.0898. The van der Waals surface area contributed by atoms with Gasteiger partial charge in [-0.25, -0.2) is 9.18 Å². The van der Waals surface area contributed by atoms with E-state index in [1.54, 1.807) is 17.0 Å². The van der Waals surface area contributed by atoms with Crippen LogP contribution in [0.2, 0.25) is 0 Å². The summed E-state index contributed by atoms with van der Waals surface area (Å²) in [5.74, 6) is 0.0656. The summed E-state index contributed by atoms with van der Waals surface area (Å²) in [5, 5.41) is 2.79. The summed E-state index contributed by atoms with van der Waals surface area (Å²) in [7, 11) is 1.82. The topological polar surface area (TPSA) is 35.6 Å². The predicted molar refractivity (Wildman–Crippen MR) is 102 cm³/mol. The molecule has 1 N–H and O–H groups in total. The van der Waals surface area contributed by atoms with E-state index in [1.807, 2.05) is 13.1 Å². The lowest BCUT2D eigenvalue weighted by Gasteiger charge is -2.41. The molecule has 2 atom stereocenters. The standard InChI is InChI=1S/C21H26FN3O/c1-16-11-12-25(14-17-7-4-3-5-8-17)15-20(16)24(2)21(26)23-19-10-6-9-18(22)13-19/h3-10,13,16,20H,11-12,14-15H2,1-2H3,(H,23,26)/t16-,20+/m1/s1. The molecule has 4 nitrogen and oxygen atoms in total. The van der Waals surface area contributed by atoms with Gasteiger partial charge in [0.2, 0.25) is 0 Å². The average molecular weight is 355 g/mol. The molecule has 0 aromatic heterocycles. The van der Waals surface area contributed by atoms with Gasteiger partial charge in [0.25, 0.3) is 0 Å². The minimum absolute atomic E-state index is 0.126. The van der Waals surface area contributed by atoms with Gasteiger partial charge < -0.3 is 10.2 Å². The van der Waals surface area contributed by atoms with Crippen LogP contribution in [0.1, 0.15) is 18.9 Å². The third kappa shape index (κ3) is 4.61. The number of hydrogen-bond donors (Lipinski definition) is 1. The van der Waals surface area contributed by atoms with Crippen LogP contribution in [0.3, 0.4) is 0 Å². The van der Waals surface area contributed by atoms with Crippen molar-refractivity contribution in [3.63, 3.8) is 0 Å². The zero-order chi connectivity index (χ0) is 18.5. The largest absolute Gasteiger partial charge is 0.323 e. The Balaban J connectivity index is 1.62. The first-order chi connectivity index (χ1) is 12.5. The first kappa shape index (κ1) is 18.4. The number of likely N-dealkylation sites (N-methyl/N-ethyl adjacent to an activating group) is 1.